The molecule has 8 nitrogen and oxygen atoms in total. The highest BCUT2D eigenvalue weighted by molar-refractivity contribution is 5.83. The van der Waals surface area contributed by atoms with E-state index in [1.54, 1.807) is 12.4 Å². The first-order valence-corrected chi connectivity index (χ1v) is 12.3. The number of halogens is 1. The zero-order chi connectivity index (χ0) is 25.2. The highest BCUT2D eigenvalue weighted by atomic mass is 19.1. The second kappa shape index (κ2) is 10.2. The van der Waals surface area contributed by atoms with Crippen LogP contribution in [0.5, 0.6) is 0 Å². The highest BCUT2D eigenvalue weighted by Gasteiger charge is 2.29. The first-order chi connectivity index (χ1) is 18.1. The fourth-order valence-corrected chi connectivity index (χ4v) is 4.81. The number of hydrogen-bond acceptors (Lipinski definition) is 7. The number of fused-ring (bicyclic) bond motifs is 2. The summed E-state index contributed by atoms with van der Waals surface area (Å²) in [5, 5.41) is 1.12. The first-order valence-electron chi connectivity index (χ1n) is 12.3. The van der Waals surface area contributed by atoms with Gasteiger partial charge < -0.3 is 14.4 Å². The van der Waals surface area contributed by atoms with E-state index in [1.165, 1.54) is 18.5 Å². The average Bonchev–Trinajstić information content (AvgIpc) is 3.55. The third-order valence-electron chi connectivity index (χ3n) is 6.61. The highest BCUT2D eigenvalue weighted by Crippen LogP contribution is 2.32. The number of para-hydroxylation sites is 1. The van der Waals surface area contributed by atoms with Gasteiger partial charge in [-0.25, -0.2) is 19.3 Å². The van der Waals surface area contributed by atoms with E-state index in [2.05, 4.69) is 32.1 Å². The Bertz CT molecular complexity index is 1540. The molecule has 2 atom stereocenters. The molecule has 2 aromatic carbocycles. The van der Waals surface area contributed by atoms with Gasteiger partial charge in [-0.2, -0.15) is 0 Å². The molecule has 0 unspecified atom stereocenters. The van der Waals surface area contributed by atoms with Crippen LogP contribution in [0.3, 0.4) is 0 Å². The van der Waals surface area contributed by atoms with E-state index in [0.29, 0.717) is 36.7 Å². The molecule has 0 bridgehead atoms. The molecule has 0 N–H and O–H groups in total. The van der Waals surface area contributed by atoms with Crippen LogP contribution in [0.2, 0.25) is 0 Å². The Morgan fingerprint density at radius 3 is 2.89 bits per heavy atom. The van der Waals surface area contributed by atoms with E-state index in [-0.39, 0.29) is 18.1 Å². The minimum absolute atomic E-state index is 0.0140. The third kappa shape index (κ3) is 5.00. The summed E-state index contributed by atoms with van der Waals surface area (Å²) in [5.41, 5.74) is 4.13. The summed E-state index contributed by atoms with van der Waals surface area (Å²) in [6.45, 7) is 1.44. The fraction of sp³-hybridized carbons (Fsp3) is 0.286. The summed E-state index contributed by atoms with van der Waals surface area (Å²) in [4.78, 5) is 20.1. The van der Waals surface area contributed by atoms with Crippen molar-refractivity contribution in [2.75, 3.05) is 18.6 Å². The van der Waals surface area contributed by atoms with E-state index in [4.69, 9.17) is 9.47 Å². The lowest BCUT2D eigenvalue weighted by Crippen LogP contribution is -2.19. The van der Waals surface area contributed by atoms with Gasteiger partial charge in [-0.05, 0) is 42.7 Å². The Morgan fingerprint density at radius 1 is 1.05 bits per heavy atom. The largest absolute Gasteiger partial charge is 0.372 e. The van der Waals surface area contributed by atoms with Crippen molar-refractivity contribution in [3.63, 3.8) is 0 Å². The molecule has 188 valence electrons. The molecule has 0 aliphatic carbocycles. The normalized spacial score (nSPS) is 17.6. The topological polar surface area (TPSA) is 78.2 Å². The Hall–Kier alpha value is -3.95. The van der Waals surface area contributed by atoms with Gasteiger partial charge in [-0.3, -0.25) is 9.55 Å². The van der Waals surface area contributed by atoms with Gasteiger partial charge in [0.15, 0.2) is 17.0 Å². The molecular formula is C28H27FN6O2. The van der Waals surface area contributed by atoms with Gasteiger partial charge in [0.25, 0.3) is 0 Å². The summed E-state index contributed by atoms with van der Waals surface area (Å²) in [6.07, 6.45) is 4.82. The van der Waals surface area contributed by atoms with E-state index < -0.39 is 0 Å². The molecule has 3 aromatic heterocycles. The summed E-state index contributed by atoms with van der Waals surface area (Å²) in [6, 6.07) is 18.7. The zero-order valence-corrected chi connectivity index (χ0v) is 20.5. The van der Waals surface area contributed by atoms with Crippen LogP contribution in [-0.2, 0) is 22.6 Å². The number of imidazole rings is 1. The number of pyridine rings is 1. The Kier molecular flexibility index (Phi) is 6.46. The number of ether oxygens (including phenoxy) is 2. The summed E-state index contributed by atoms with van der Waals surface area (Å²) < 4.78 is 27.8. The van der Waals surface area contributed by atoms with Crippen LogP contribution >= 0.6 is 0 Å². The monoisotopic (exact) mass is 498 g/mol. The van der Waals surface area contributed by atoms with Gasteiger partial charge >= 0.3 is 0 Å². The molecule has 1 aliphatic heterocycles. The molecule has 0 amide bonds. The molecule has 1 aliphatic rings. The molecule has 37 heavy (non-hydrogen) atoms. The van der Waals surface area contributed by atoms with Crippen molar-refractivity contribution < 1.29 is 13.9 Å². The molecule has 9 heteroatoms. The maximum Gasteiger partial charge on any atom is 0.167 e. The molecule has 0 saturated carbocycles. The van der Waals surface area contributed by atoms with Crippen LogP contribution in [0.15, 0.2) is 73.3 Å². The van der Waals surface area contributed by atoms with Gasteiger partial charge in [-0.15, -0.1) is 0 Å². The SMILES string of the molecule is CN(Cc1cccc(F)c1)c1ncnc2c1ncn2[C@H]1CC[C@@H](COCc2ccc3ccccc3n2)O1. The minimum atomic E-state index is -0.256. The van der Waals surface area contributed by atoms with E-state index in [0.717, 1.165) is 35.0 Å². The van der Waals surface area contributed by atoms with Crippen LogP contribution in [-0.4, -0.2) is 44.3 Å². The summed E-state index contributed by atoms with van der Waals surface area (Å²) in [7, 11) is 1.91. The predicted molar refractivity (Wildman–Crippen MR) is 138 cm³/mol. The van der Waals surface area contributed by atoms with Crippen molar-refractivity contribution in [2.24, 2.45) is 0 Å². The van der Waals surface area contributed by atoms with Crippen molar-refractivity contribution in [3.05, 3.63) is 90.4 Å². The lowest BCUT2D eigenvalue weighted by Gasteiger charge is -2.19. The van der Waals surface area contributed by atoms with Crippen molar-refractivity contribution in [2.45, 2.75) is 38.3 Å². The van der Waals surface area contributed by atoms with Crippen LogP contribution in [0.1, 0.15) is 30.3 Å². The first kappa shape index (κ1) is 23.4. The second-order valence-electron chi connectivity index (χ2n) is 9.31. The van der Waals surface area contributed by atoms with Gasteiger partial charge in [0.05, 0.1) is 36.9 Å². The molecule has 4 heterocycles. The van der Waals surface area contributed by atoms with E-state index >= 15 is 0 Å². The van der Waals surface area contributed by atoms with Crippen molar-refractivity contribution in [1.29, 1.82) is 0 Å². The molecule has 6 rings (SSSR count). The Morgan fingerprint density at radius 2 is 1.97 bits per heavy atom. The van der Waals surface area contributed by atoms with E-state index in [1.807, 2.05) is 46.8 Å². The minimum Gasteiger partial charge on any atom is -0.372 e. The maximum atomic E-state index is 13.6. The molecule has 0 radical (unpaired) electrons. The smallest absolute Gasteiger partial charge is 0.167 e. The number of rotatable bonds is 8. The lowest BCUT2D eigenvalue weighted by atomic mass is 10.2. The van der Waals surface area contributed by atoms with Crippen LogP contribution in [0, 0.1) is 5.82 Å². The molecular weight excluding hydrogens is 471 g/mol. The van der Waals surface area contributed by atoms with Gasteiger partial charge in [0.1, 0.15) is 18.4 Å². The van der Waals surface area contributed by atoms with Gasteiger partial charge in [0.2, 0.25) is 0 Å². The zero-order valence-electron chi connectivity index (χ0n) is 20.5. The summed E-state index contributed by atoms with van der Waals surface area (Å²) in [5.74, 6) is 0.433. The number of anilines is 1. The van der Waals surface area contributed by atoms with Gasteiger partial charge in [0, 0.05) is 19.0 Å². The number of aromatic nitrogens is 5. The standard InChI is InChI=1S/C28H27FN6O2/c1-34(14-19-5-4-7-21(29)13-19)27-26-28(31-17-30-27)35(18-32-26)25-12-11-23(37-25)16-36-15-22-10-9-20-6-2-3-8-24(20)33-22/h2-10,13,17-18,23,25H,11-12,14-16H2,1H3/t23-,25+/m0/s1. The van der Waals surface area contributed by atoms with Crippen LogP contribution < -0.4 is 4.90 Å². The third-order valence-corrected chi connectivity index (χ3v) is 6.61. The molecule has 1 saturated heterocycles. The number of benzene rings is 2. The molecule has 5 aromatic rings. The van der Waals surface area contributed by atoms with E-state index in [9.17, 15) is 4.39 Å². The quantitative estimate of drug-likeness (QED) is 0.296. The van der Waals surface area contributed by atoms with Crippen molar-refractivity contribution in [3.8, 4) is 0 Å². The number of nitrogens with zero attached hydrogens (tertiary/aromatic N) is 6. The molecule has 0 spiro atoms. The van der Waals surface area contributed by atoms with Crippen molar-refractivity contribution >= 4 is 27.9 Å². The Labute approximate surface area is 213 Å². The average molecular weight is 499 g/mol. The fourth-order valence-electron chi connectivity index (χ4n) is 4.81. The summed E-state index contributed by atoms with van der Waals surface area (Å²) >= 11 is 0. The Balaban J connectivity index is 1.09. The van der Waals surface area contributed by atoms with Crippen LogP contribution in [0.4, 0.5) is 10.2 Å². The predicted octanol–water partition coefficient (Wildman–Crippen LogP) is 5.04. The van der Waals surface area contributed by atoms with Crippen LogP contribution in [0.25, 0.3) is 22.1 Å². The lowest BCUT2D eigenvalue weighted by molar-refractivity contribution is -0.0437. The van der Waals surface area contributed by atoms with Gasteiger partial charge in [-0.1, -0.05) is 36.4 Å². The second-order valence-corrected chi connectivity index (χ2v) is 9.31. The van der Waals surface area contributed by atoms with Crippen molar-refractivity contribution in [1.82, 2.24) is 24.5 Å². The maximum absolute atomic E-state index is 13.6. The molecule has 1 fully saturated rings. The number of hydrogen-bond donors (Lipinski definition) is 0.